The molecule has 2 rings (SSSR count). The number of nitrogens with one attached hydrogen (secondary N) is 1. The Kier molecular flexibility index (Phi) is 6.72. The van der Waals surface area contributed by atoms with Crippen LogP contribution in [0, 0.1) is 0 Å². The summed E-state index contributed by atoms with van der Waals surface area (Å²) in [5, 5.41) is 12.0. The maximum atomic E-state index is 12.6. The third-order valence-electron chi connectivity index (χ3n) is 4.45. The molecule has 0 saturated carbocycles. The predicted octanol–water partition coefficient (Wildman–Crippen LogP) is 3.42. The van der Waals surface area contributed by atoms with E-state index >= 15 is 0 Å². The highest BCUT2D eigenvalue weighted by Crippen LogP contribution is 2.22. The van der Waals surface area contributed by atoms with Crippen LogP contribution in [0.1, 0.15) is 49.0 Å². The number of ether oxygens (including phenoxy) is 1. The Bertz CT molecular complexity index is 742. The van der Waals surface area contributed by atoms with Crippen LogP contribution in [0.4, 0.5) is 0 Å². The van der Waals surface area contributed by atoms with Crippen molar-refractivity contribution in [1.29, 1.82) is 0 Å². The molecule has 0 unspecified atom stereocenters. The zero-order valence-electron chi connectivity index (χ0n) is 15.1. The van der Waals surface area contributed by atoms with Gasteiger partial charge in [0.1, 0.15) is 12.4 Å². The molecule has 0 atom stereocenters. The molecule has 0 fully saturated rings. The number of carbonyl (C=O) groups is 2. The number of aromatic nitrogens is 1. The van der Waals surface area contributed by atoms with Crippen molar-refractivity contribution in [3.8, 4) is 5.75 Å². The number of amides is 1. The molecule has 0 saturated heterocycles. The lowest BCUT2D eigenvalue weighted by atomic mass is 9.88. The van der Waals surface area contributed by atoms with Crippen molar-refractivity contribution in [2.45, 2.75) is 45.3 Å². The molecule has 0 radical (unpaired) electrons. The molecule has 6 heteroatoms. The molecule has 2 aromatic rings. The molecule has 6 nitrogen and oxygen atoms in total. The summed E-state index contributed by atoms with van der Waals surface area (Å²) < 4.78 is 5.72. The topological polar surface area (TPSA) is 88.5 Å². The fourth-order valence-corrected chi connectivity index (χ4v) is 2.70. The quantitative estimate of drug-likeness (QED) is 0.719. The lowest BCUT2D eigenvalue weighted by molar-refractivity contribution is -0.138. The highest BCUT2D eigenvalue weighted by molar-refractivity contribution is 5.95. The van der Waals surface area contributed by atoms with Crippen LogP contribution in [0.5, 0.6) is 5.75 Å². The van der Waals surface area contributed by atoms with Crippen LogP contribution < -0.4 is 10.1 Å². The minimum Gasteiger partial charge on any atom is -0.489 e. The molecule has 138 valence electrons. The van der Waals surface area contributed by atoms with Gasteiger partial charge in [-0.1, -0.05) is 26.0 Å². The fraction of sp³-hybridized carbons (Fsp3) is 0.350. The third kappa shape index (κ3) is 5.31. The number of aliphatic carboxylic acids is 1. The largest absolute Gasteiger partial charge is 0.489 e. The van der Waals surface area contributed by atoms with Crippen LogP contribution in [-0.2, 0) is 11.4 Å². The van der Waals surface area contributed by atoms with Gasteiger partial charge in [0.05, 0.1) is 12.0 Å². The second kappa shape index (κ2) is 8.99. The Labute approximate surface area is 153 Å². The van der Waals surface area contributed by atoms with Gasteiger partial charge in [-0.05, 0) is 37.1 Å². The number of carbonyl (C=O) groups excluding carboxylic acids is 1. The standard InChI is InChI=1S/C20H24N2O4/c1-3-20(4-2,12-18(23)24)22-19(25)16-8-5-9-17(11-16)26-14-15-7-6-10-21-13-15/h5-11,13H,3-4,12,14H2,1-2H3,(H,22,25)(H,23,24). The summed E-state index contributed by atoms with van der Waals surface area (Å²) in [7, 11) is 0. The number of carboxylic acid groups (broad SMARTS) is 1. The van der Waals surface area contributed by atoms with Gasteiger partial charge in [-0.25, -0.2) is 0 Å². The fourth-order valence-electron chi connectivity index (χ4n) is 2.70. The van der Waals surface area contributed by atoms with Crippen LogP contribution in [0.3, 0.4) is 0 Å². The van der Waals surface area contributed by atoms with Crippen LogP contribution in [0.15, 0.2) is 48.8 Å². The second-order valence-electron chi connectivity index (χ2n) is 6.19. The Balaban J connectivity index is 2.08. The Morgan fingerprint density at radius 1 is 1.19 bits per heavy atom. The van der Waals surface area contributed by atoms with Gasteiger partial charge < -0.3 is 15.2 Å². The summed E-state index contributed by atoms with van der Waals surface area (Å²) in [6.07, 6.45) is 4.39. The van der Waals surface area contributed by atoms with Crippen LogP contribution in [0.25, 0.3) is 0 Å². The highest BCUT2D eigenvalue weighted by Gasteiger charge is 2.31. The molecule has 0 bridgehead atoms. The molecule has 1 heterocycles. The summed E-state index contributed by atoms with van der Waals surface area (Å²) >= 11 is 0. The van der Waals surface area contributed by atoms with E-state index in [1.165, 1.54) is 0 Å². The van der Waals surface area contributed by atoms with Gasteiger partial charge in [0.2, 0.25) is 0 Å². The molecule has 0 aliphatic carbocycles. The van der Waals surface area contributed by atoms with E-state index in [9.17, 15) is 9.59 Å². The lowest BCUT2D eigenvalue weighted by Gasteiger charge is -2.31. The van der Waals surface area contributed by atoms with Crippen molar-refractivity contribution in [1.82, 2.24) is 10.3 Å². The molecule has 26 heavy (non-hydrogen) atoms. The molecule has 0 aliphatic heterocycles. The van der Waals surface area contributed by atoms with E-state index in [0.29, 0.717) is 30.8 Å². The number of nitrogens with zero attached hydrogens (tertiary/aromatic N) is 1. The number of benzene rings is 1. The van der Waals surface area contributed by atoms with E-state index in [-0.39, 0.29) is 12.3 Å². The van der Waals surface area contributed by atoms with Crippen LogP contribution in [-0.4, -0.2) is 27.5 Å². The van der Waals surface area contributed by atoms with E-state index in [1.54, 1.807) is 36.7 Å². The smallest absolute Gasteiger partial charge is 0.305 e. The summed E-state index contributed by atoms with van der Waals surface area (Å²) in [6.45, 7) is 4.10. The van der Waals surface area contributed by atoms with Gasteiger partial charge in [0, 0.05) is 23.5 Å². The van der Waals surface area contributed by atoms with Crippen molar-refractivity contribution >= 4 is 11.9 Å². The minimum atomic E-state index is -0.928. The van der Waals surface area contributed by atoms with Gasteiger partial charge in [0.25, 0.3) is 5.91 Å². The summed E-state index contributed by atoms with van der Waals surface area (Å²) in [5.41, 5.74) is 0.611. The first kappa shape index (κ1) is 19.4. The number of carboxylic acids is 1. The zero-order chi connectivity index (χ0) is 19.0. The van der Waals surface area contributed by atoms with Crippen LogP contribution >= 0.6 is 0 Å². The highest BCUT2D eigenvalue weighted by atomic mass is 16.5. The molecule has 2 N–H and O–H groups in total. The van der Waals surface area contributed by atoms with E-state index in [2.05, 4.69) is 10.3 Å². The Hall–Kier alpha value is -2.89. The predicted molar refractivity (Wildman–Crippen MR) is 98.0 cm³/mol. The van der Waals surface area contributed by atoms with E-state index in [1.807, 2.05) is 26.0 Å². The Morgan fingerprint density at radius 3 is 2.58 bits per heavy atom. The van der Waals surface area contributed by atoms with E-state index in [0.717, 1.165) is 5.56 Å². The average Bonchev–Trinajstić information content (AvgIpc) is 2.66. The molecule has 1 amide bonds. The molecular formula is C20H24N2O4. The van der Waals surface area contributed by atoms with Gasteiger partial charge >= 0.3 is 5.97 Å². The first-order chi connectivity index (χ1) is 12.5. The van der Waals surface area contributed by atoms with Crippen LogP contribution in [0.2, 0.25) is 0 Å². The van der Waals surface area contributed by atoms with Crippen molar-refractivity contribution in [2.24, 2.45) is 0 Å². The van der Waals surface area contributed by atoms with Crippen molar-refractivity contribution in [3.63, 3.8) is 0 Å². The van der Waals surface area contributed by atoms with Gasteiger partial charge in [-0.15, -0.1) is 0 Å². The average molecular weight is 356 g/mol. The van der Waals surface area contributed by atoms with Gasteiger partial charge in [0.15, 0.2) is 0 Å². The minimum absolute atomic E-state index is 0.108. The molecule has 1 aromatic carbocycles. The molecular weight excluding hydrogens is 332 g/mol. The Morgan fingerprint density at radius 2 is 1.96 bits per heavy atom. The number of hydrogen-bond acceptors (Lipinski definition) is 4. The summed E-state index contributed by atoms with van der Waals surface area (Å²) in [5.74, 6) is -0.664. The lowest BCUT2D eigenvalue weighted by Crippen LogP contribution is -2.49. The normalized spacial score (nSPS) is 11.0. The monoisotopic (exact) mass is 356 g/mol. The van der Waals surface area contributed by atoms with E-state index in [4.69, 9.17) is 9.84 Å². The maximum Gasteiger partial charge on any atom is 0.305 e. The first-order valence-electron chi connectivity index (χ1n) is 8.64. The van der Waals surface area contributed by atoms with Gasteiger partial charge in [-0.2, -0.15) is 0 Å². The molecule has 1 aromatic heterocycles. The first-order valence-corrected chi connectivity index (χ1v) is 8.64. The summed E-state index contributed by atoms with van der Waals surface area (Å²) in [6, 6.07) is 10.6. The van der Waals surface area contributed by atoms with Crippen molar-refractivity contribution < 1.29 is 19.4 Å². The van der Waals surface area contributed by atoms with Crippen molar-refractivity contribution in [2.75, 3.05) is 0 Å². The van der Waals surface area contributed by atoms with Crippen molar-refractivity contribution in [3.05, 3.63) is 59.9 Å². The second-order valence-corrected chi connectivity index (χ2v) is 6.19. The zero-order valence-corrected chi connectivity index (χ0v) is 15.1. The SMILES string of the molecule is CCC(CC)(CC(=O)O)NC(=O)c1cccc(OCc2cccnc2)c1. The van der Waals surface area contributed by atoms with E-state index < -0.39 is 11.5 Å². The van der Waals surface area contributed by atoms with Gasteiger partial charge in [-0.3, -0.25) is 14.6 Å². The third-order valence-corrected chi connectivity index (χ3v) is 4.45. The maximum absolute atomic E-state index is 12.6. The number of rotatable bonds is 9. The number of pyridine rings is 1. The molecule has 0 spiro atoms. The number of hydrogen-bond donors (Lipinski definition) is 2. The molecule has 0 aliphatic rings. The summed E-state index contributed by atoms with van der Waals surface area (Å²) in [4.78, 5) is 27.8.